The van der Waals surface area contributed by atoms with Gasteiger partial charge in [0.05, 0.1) is 7.11 Å². The summed E-state index contributed by atoms with van der Waals surface area (Å²) in [5, 5.41) is 1.63. The lowest BCUT2D eigenvalue weighted by molar-refractivity contribution is 0.0602. The molecule has 0 aliphatic carbocycles. The molecule has 0 aliphatic rings. The summed E-state index contributed by atoms with van der Waals surface area (Å²) in [6.07, 6.45) is 1.48. The first-order chi connectivity index (χ1) is 8.36. The molecule has 1 rings (SSSR count). The van der Waals surface area contributed by atoms with Crippen molar-refractivity contribution in [3.05, 3.63) is 28.5 Å². The van der Waals surface area contributed by atoms with Crippen LogP contribution in [0.25, 0.3) is 0 Å². The van der Waals surface area contributed by atoms with E-state index in [9.17, 15) is 13.2 Å². The minimum Gasteiger partial charge on any atom is -0.465 e. The summed E-state index contributed by atoms with van der Waals surface area (Å²) in [5.74, 6) is -0.640. The number of likely N-dealkylation sites (N-methyl/N-ethyl adjacent to an activating group) is 1. The first-order valence-corrected chi connectivity index (χ1v) is 7.41. The Bertz CT molecular complexity index is 560. The number of ether oxygens (including phenoxy) is 1. The van der Waals surface area contributed by atoms with Crippen molar-refractivity contribution < 1.29 is 17.9 Å². The fourth-order valence-corrected chi connectivity index (χ4v) is 4.21. The Morgan fingerprint density at radius 2 is 2.22 bits per heavy atom. The van der Waals surface area contributed by atoms with Crippen LogP contribution in [0.4, 0.5) is 0 Å². The van der Waals surface area contributed by atoms with Crippen molar-refractivity contribution in [1.29, 1.82) is 0 Å². The third kappa shape index (κ3) is 2.63. The van der Waals surface area contributed by atoms with Crippen molar-refractivity contribution >= 4 is 27.3 Å². The molecule has 0 aliphatic heterocycles. The summed E-state index contributed by atoms with van der Waals surface area (Å²) in [4.78, 5) is 11.7. The highest BCUT2D eigenvalue weighted by molar-refractivity contribution is 7.89. The van der Waals surface area contributed by atoms with Crippen molar-refractivity contribution in [2.75, 3.05) is 20.7 Å². The van der Waals surface area contributed by atoms with Gasteiger partial charge in [-0.25, -0.2) is 13.2 Å². The highest BCUT2D eigenvalue weighted by Gasteiger charge is 2.30. The van der Waals surface area contributed by atoms with Crippen LogP contribution < -0.4 is 0 Å². The summed E-state index contributed by atoms with van der Waals surface area (Å²) in [7, 11) is -1.04. The van der Waals surface area contributed by atoms with Gasteiger partial charge < -0.3 is 4.74 Å². The van der Waals surface area contributed by atoms with Gasteiger partial charge in [0.15, 0.2) is 0 Å². The van der Waals surface area contributed by atoms with Gasteiger partial charge in [-0.3, -0.25) is 0 Å². The maximum Gasteiger partial charge on any atom is 0.349 e. The molecule has 5 nitrogen and oxygen atoms in total. The topological polar surface area (TPSA) is 63.7 Å². The lowest BCUT2D eigenvalue weighted by Crippen LogP contribution is -2.28. The molecule has 1 heterocycles. The summed E-state index contributed by atoms with van der Waals surface area (Å²) in [5.41, 5.74) is 0.538. The van der Waals surface area contributed by atoms with Crippen molar-refractivity contribution in [3.63, 3.8) is 0 Å². The normalized spacial score (nSPS) is 11.6. The van der Waals surface area contributed by atoms with E-state index in [1.54, 1.807) is 12.3 Å². The van der Waals surface area contributed by atoms with Crippen molar-refractivity contribution in [1.82, 2.24) is 4.31 Å². The fraction of sp³-hybridized carbons (Fsp3) is 0.364. The van der Waals surface area contributed by atoms with Crippen molar-refractivity contribution in [2.45, 2.75) is 11.8 Å². The van der Waals surface area contributed by atoms with Crippen LogP contribution in [-0.4, -0.2) is 39.4 Å². The second-order valence-electron chi connectivity index (χ2n) is 3.64. The molecule has 0 bridgehead atoms. The molecule has 100 valence electrons. The van der Waals surface area contributed by atoms with Crippen LogP contribution >= 0.6 is 11.3 Å². The lowest BCUT2D eigenvalue weighted by atomic mass is 10.3. The van der Waals surface area contributed by atoms with Crippen molar-refractivity contribution in [3.8, 4) is 0 Å². The molecule has 0 N–H and O–H groups in total. The van der Waals surface area contributed by atoms with Crippen LogP contribution in [-0.2, 0) is 14.8 Å². The third-order valence-electron chi connectivity index (χ3n) is 2.34. The standard InChI is InChI=1S/C11H15NO4S2/c1-5-6-12(3)18(14,15)10-8(2)7-17-9(10)11(13)16-4/h5,7H,1,6H2,2-4H3. The molecule has 0 saturated carbocycles. The van der Waals surface area contributed by atoms with Gasteiger partial charge in [0.2, 0.25) is 10.0 Å². The molecule has 7 heteroatoms. The maximum atomic E-state index is 12.3. The summed E-state index contributed by atoms with van der Waals surface area (Å²) in [6.45, 7) is 5.33. The number of hydrogen-bond acceptors (Lipinski definition) is 5. The Hall–Kier alpha value is -1.18. The number of hydrogen-bond donors (Lipinski definition) is 0. The molecule has 0 fully saturated rings. The molecule has 0 aromatic carbocycles. The van der Waals surface area contributed by atoms with Gasteiger partial charge in [0.25, 0.3) is 0 Å². The number of methoxy groups -OCH3 is 1. The highest BCUT2D eigenvalue weighted by Crippen LogP contribution is 2.29. The number of sulfonamides is 1. The van der Waals surface area contributed by atoms with Gasteiger partial charge in [-0.05, 0) is 17.9 Å². The number of nitrogens with zero attached hydrogens (tertiary/aromatic N) is 1. The van der Waals surface area contributed by atoms with Crippen molar-refractivity contribution in [2.24, 2.45) is 0 Å². The van der Waals surface area contributed by atoms with E-state index in [1.807, 2.05) is 0 Å². The predicted octanol–water partition coefficient (Wildman–Crippen LogP) is 1.65. The van der Waals surface area contributed by atoms with E-state index in [-0.39, 0.29) is 16.3 Å². The zero-order valence-corrected chi connectivity index (χ0v) is 12.1. The lowest BCUT2D eigenvalue weighted by Gasteiger charge is -2.16. The van der Waals surface area contributed by atoms with E-state index in [4.69, 9.17) is 0 Å². The maximum absolute atomic E-state index is 12.3. The molecular weight excluding hydrogens is 274 g/mol. The number of carbonyl (C=O) groups is 1. The third-order valence-corrected chi connectivity index (χ3v) is 5.56. The predicted molar refractivity (Wildman–Crippen MR) is 70.4 cm³/mol. The Labute approximate surface area is 111 Å². The zero-order valence-electron chi connectivity index (χ0n) is 10.5. The molecule has 0 atom stereocenters. The second-order valence-corrected chi connectivity index (χ2v) is 6.50. The Morgan fingerprint density at radius 1 is 1.61 bits per heavy atom. The molecule has 0 spiro atoms. The molecule has 0 saturated heterocycles. The minimum absolute atomic E-state index is 0.0173. The van der Waals surface area contributed by atoms with E-state index >= 15 is 0 Å². The van der Waals surface area contributed by atoms with Gasteiger partial charge in [0.1, 0.15) is 9.77 Å². The Morgan fingerprint density at radius 3 is 2.72 bits per heavy atom. The zero-order chi connectivity index (χ0) is 13.9. The Kier molecular flexibility index (Phi) is 4.66. The minimum atomic E-state index is -3.70. The average molecular weight is 289 g/mol. The van der Waals surface area contributed by atoms with E-state index < -0.39 is 16.0 Å². The first-order valence-electron chi connectivity index (χ1n) is 5.09. The quantitative estimate of drug-likeness (QED) is 0.611. The van der Waals surface area contributed by atoms with E-state index in [0.717, 1.165) is 15.6 Å². The summed E-state index contributed by atoms with van der Waals surface area (Å²) < 4.78 is 30.4. The van der Waals surface area contributed by atoms with Gasteiger partial charge in [0, 0.05) is 13.6 Å². The number of carbonyl (C=O) groups excluding carboxylic acids is 1. The fourth-order valence-electron chi connectivity index (χ4n) is 1.42. The van der Waals surface area contributed by atoms with E-state index in [2.05, 4.69) is 11.3 Å². The number of aryl methyl sites for hydroxylation is 1. The van der Waals surface area contributed by atoms with Crippen LogP contribution in [0.3, 0.4) is 0 Å². The number of esters is 1. The molecule has 18 heavy (non-hydrogen) atoms. The Balaban J connectivity index is 3.36. The monoisotopic (exact) mass is 289 g/mol. The first kappa shape index (κ1) is 14.9. The second kappa shape index (κ2) is 5.64. The van der Waals surface area contributed by atoms with Crippen LogP contribution in [0, 0.1) is 6.92 Å². The van der Waals surface area contributed by atoms with Gasteiger partial charge >= 0.3 is 5.97 Å². The van der Waals surface area contributed by atoms with Crippen LogP contribution in [0.15, 0.2) is 22.9 Å². The van der Waals surface area contributed by atoms with Crippen LogP contribution in [0.2, 0.25) is 0 Å². The van der Waals surface area contributed by atoms with Crippen LogP contribution in [0.5, 0.6) is 0 Å². The molecular formula is C11H15NO4S2. The molecule has 1 aromatic heterocycles. The number of thiophene rings is 1. The van der Waals surface area contributed by atoms with Gasteiger partial charge in [-0.1, -0.05) is 6.08 Å². The smallest absolute Gasteiger partial charge is 0.349 e. The van der Waals surface area contributed by atoms with E-state index in [0.29, 0.717) is 5.56 Å². The molecule has 0 amide bonds. The average Bonchev–Trinajstić information content (AvgIpc) is 2.71. The van der Waals surface area contributed by atoms with Gasteiger partial charge in [-0.15, -0.1) is 17.9 Å². The van der Waals surface area contributed by atoms with Gasteiger partial charge in [-0.2, -0.15) is 4.31 Å². The molecule has 0 radical (unpaired) electrons. The van der Waals surface area contributed by atoms with E-state index in [1.165, 1.54) is 20.2 Å². The van der Waals surface area contributed by atoms with Crippen LogP contribution in [0.1, 0.15) is 15.2 Å². The summed E-state index contributed by atoms with van der Waals surface area (Å²) in [6, 6.07) is 0. The number of rotatable bonds is 5. The molecule has 0 unspecified atom stereocenters. The largest absolute Gasteiger partial charge is 0.465 e. The highest BCUT2D eigenvalue weighted by atomic mass is 32.2. The summed E-state index contributed by atoms with van der Waals surface area (Å²) >= 11 is 1.07. The molecule has 1 aromatic rings. The SMILES string of the molecule is C=CCN(C)S(=O)(=O)c1c(C)csc1C(=O)OC.